The van der Waals surface area contributed by atoms with Crippen LogP contribution in [0.2, 0.25) is 0 Å². The zero-order valence-corrected chi connectivity index (χ0v) is 17.7. The summed E-state index contributed by atoms with van der Waals surface area (Å²) in [6.45, 7) is 3.79. The average Bonchev–Trinajstić information content (AvgIpc) is 2.62. The first kappa shape index (κ1) is 22.8. The standard InChI is InChI=1S/C21H17F3O3S.H2S/c1-14-6-10-16(11-7-14)18-4-3-5-19(27-28(25,26)21(22,23)24)20(18)17-12-8-15(2)9-13-17;/h3-13H,1-2H3;1H2/p+1. The minimum Gasteiger partial charge on any atom is -0.375 e. The fourth-order valence-corrected chi connectivity index (χ4v) is 3.23. The van der Waals surface area contributed by atoms with Crippen molar-refractivity contribution < 1.29 is 25.8 Å². The molecule has 0 bridgehead atoms. The van der Waals surface area contributed by atoms with Crippen LogP contribution < -0.4 is 4.18 Å². The largest absolute Gasteiger partial charge is 0.534 e. The SMILES string of the molecule is Cc1ccc(-c2cccc(OS(=O)(=O)C(F)(F)F)c2-c2ccc(C)cc2)cc1.[SH3+]. The predicted octanol–water partition coefficient (Wildman–Crippen LogP) is 5.06. The number of hydrogen-bond donors (Lipinski definition) is 0. The summed E-state index contributed by atoms with van der Waals surface area (Å²) in [5.41, 5.74) is -1.41. The predicted molar refractivity (Wildman–Crippen MR) is 114 cm³/mol. The lowest BCUT2D eigenvalue weighted by molar-refractivity contribution is -0.0499. The summed E-state index contributed by atoms with van der Waals surface area (Å²) in [5.74, 6) is -0.376. The van der Waals surface area contributed by atoms with Crippen LogP contribution in [0.3, 0.4) is 0 Å². The number of benzene rings is 3. The van der Waals surface area contributed by atoms with Gasteiger partial charge in [0.25, 0.3) is 0 Å². The van der Waals surface area contributed by atoms with Crippen molar-refractivity contribution in [1.82, 2.24) is 0 Å². The van der Waals surface area contributed by atoms with E-state index < -0.39 is 15.6 Å². The van der Waals surface area contributed by atoms with E-state index in [1.165, 1.54) is 12.1 Å². The number of alkyl halides is 3. The first-order chi connectivity index (χ1) is 13.1. The van der Waals surface area contributed by atoms with E-state index >= 15 is 0 Å². The minimum atomic E-state index is -5.80. The molecule has 0 aliphatic carbocycles. The molecule has 3 nitrogen and oxygen atoms in total. The summed E-state index contributed by atoms with van der Waals surface area (Å²) in [6, 6.07) is 18.8. The fourth-order valence-electron chi connectivity index (χ4n) is 2.76. The van der Waals surface area contributed by atoms with Crippen LogP contribution in [0.15, 0.2) is 66.7 Å². The zero-order valence-electron chi connectivity index (χ0n) is 15.7. The van der Waals surface area contributed by atoms with E-state index in [1.807, 2.05) is 38.1 Å². The van der Waals surface area contributed by atoms with Gasteiger partial charge in [0.05, 0.1) is 0 Å². The van der Waals surface area contributed by atoms with Gasteiger partial charge in [0, 0.05) is 5.56 Å². The highest BCUT2D eigenvalue weighted by Gasteiger charge is 2.48. The molecule has 0 aromatic heterocycles. The van der Waals surface area contributed by atoms with Gasteiger partial charge >= 0.3 is 15.6 Å². The molecule has 0 heterocycles. The van der Waals surface area contributed by atoms with Gasteiger partial charge in [-0.25, -0.2) is 0 Å². The first-order valence-electron chi connectivity index (χ1n) is 8.36. The van der Waals surface area contributed by atoms with Crippen molar-refractivity contribution >= 4 is 23.6 Å². The average molecular weight is 442 g/mol. The molecule has 0 saturated heterocycles. The summed E-state index contributed by atoms with van der Waals surface area (Å²) >= 11 is 0. The van der Waals surface area contributed by atoms with Crippen LogP contribution in [0.25, 0.3) is 22.3 Å². The van der Waals surface area contributed by atoms with E-state index in [0.29, 0.717) is 11.1 Å². The highest BCUT2D eigenvalue weighted by Crippen LogP contribution is 2.41. The van der Waals surface area contributed by atoms with Gasteiger partial charge in [0.1, 0.15) is 0 Å². The van der Waals surface area contributed by atoms with Gasteiger partial charge in [-0.15, -0.1) is 0 Å². The van der Waals surface area contributed by atoms with Crippen molar-refractivity contribution in [2.45, 2.75) is 19.4 Å². The Balaban J connectivity index is 0.00000300. The lowest BCUT2D eigenvalue weighted by Gasteiger charge is -2.17. The molecule has 8 heteroatoms. The maximum atomic E-state index is 12.9. The van der Waals surface area contributed by atoms with Gasteiger partial charge < -0.3 is 4.18 Å². The van der Waals surface area contributed by atoms with Crippen LogP contribution in [-0.4, -0.2) is 13.9 Å². The Morgan fingerprint density at radius 2 is 1.24 bits per heavy atom. The molecule has 0 aliphatic rings. The van der Waals surface area contributed by atoms with Crippen LogP contribution >= 0.6 is 0 Å². The smallest absolute Gasteiger partial charge is 0.375 e. The summed E-state index contributed by atoms with van der Waals surface area (Å²) in [7, 11) is -5.80. The number of rotatable bonds is 4. The van der Waals surface area contributed by atoms with Crippen LogP contribution in [-0.2, 0) is 23.6 Å². The maximum Gasteiger partial charge on any atom is 0.534 e. The molecule has 0 spiro atoms. The third-order valence-corrected chi connectivity index (χ3v) is 5.18. The Hall–Kier alpha value is -2.45. The first-order valence-corrected chi connectivity index (χ1v) is 9.77. The Morgan fingerprint density at radius 3 is 1.72 bits per heavy atom. The van der Waals surface area contributed by atoms with Crippen LogP contribution in [0.5, 0.6) is 5.75 Å². The lowest BCUT2D eigenvalue weighted by atomic mass is 9.93. The highest BCUT2D eigenvalue weighted by molar-refractivity contribution is 7.88. The molecule has 0 amide bonds. The summed E-state index contributed by atoms with van der Waals surface area (Å²) < 4.78 is 66.3. The second-order valence-electron chi connectivity index (χ2n) is 6.39. The van der Waals surface area contributed by atoms with Gasteiger partial charge in [0.2, 0.25) is 0 Å². The minimum absolute atomic E-state index is 0. The highest BCUT2D eigenvalue weighted by atomic mass is 32.2. The Bertz CT molecular complexity index is 1090. The molecule has 0 saturated carbocycles. The van der Waals surface area contributed by atoms with Gasteiger partial charge in [-0.05, 0) is 36.6 Å². The Labute approximate surface area is 174 Å². The lowest BCUT2D eigenvalue weighted by Crippen LogP contribution is -2.28. The summed E-state index contributed by atoms with van der Waals surface area (Å²) in [6.07, 6.45) is 0. The van der Waals surface area contributed by atoms with Crippen molar-refractivity contribution in [2.75, 3.05) is 0 Å². The molecule has 0 fully saturated rings. The molecule has 3 aromatic carbocycles. The van der Waals surface area contributed by atoms with Crippen molar-refractivity contribution in [3.8, 4) is 28.0 Å². The molecule has 3 aromatic rings. The van der Waals surface area contributed by atoms with Crippen molar-refractivity contribution in [2.24, 2.45) is 0 Å². The second-order valence-corrected chi connectivity index (χ2v) is 7.93. The molecule has 0 aliphatic heterocycles. The molecule has 3 rings (SSSR count). The van der Waals surface area contributed by atoms with Crippen molar-refractivity contribution in [3.63, 3.8) is 0 Å². The third-order valence-electron chi connectivity index (χ3n) is 4.21. The van der Waals surface area contributed by atoms with Crippen LogP contribution in [0.4, 0.5) is 13.2 Å². The molecular weight excluding hydrogens is 421 g/mol. The van der Waals surface area contributed by atoms with E-state index in [0.717, 1.165) is 16.7 Å². The van der Waals surface area contributed by atoms with Crippen LogP contribution in [0, 0.1) is 13.8 Å². The van der Waals surface area contributed by atoms with E-state index in [4.69, 9.17) is 0 Å². The molecule has 0 unspecified atom stereocenters. The number of hydrogen-bond acceptors (Lipinski definition) is 3. The van der Waals surface area contributed by atoms with E-state index in [2.05, 4.69) is 4.18 Å². The molecular formula is C21H20F3O3S2+. The molecule has 154 valence electrons. The van der Waals surface area contributed by atoms with E-state index in [1.54, 1.807) is 30.3 Å². The monoisotopic (exact) mass is 441 g/mol. The van der Waals surface area contributed by atoms with E-state index in [-0.39, 0.29) is 24.8 Å². The quantitative estimate of drug-likeness (QED) is 0.323. The topological polar surface area (TPSA) is 43.4 Å². The third kappa shape index (κ3) is 4.94. The maximum absolute atomic E-state index is 12.9. The normalized spacial score (nSPS) is 11.6. The summed E-state index contributed by atoms with van der Waals surface area (Å²) in [4.78, 5) is 0. The molecule has 0 radical (unpaired) electrons. The van der Waals surface area contributed by atoms with Crippen molar-refractivity contribution in [1.29, 1.82) is 0 Å². The van der Waals surface area contributed by atoms with Gasteiger partial charge in [0.15, 0.2) is 5.75 Å². The zero-order chi connectivity index (χ0) is 20.5. The van der Waals surface area contributed by atoms with Gasteiger partial charge in [-0.3, -0.25) is 0 Å². The molecule has 29 heavy (non-hydrogen) atoms. The molecule has 0 atom stereocenters. The van der Waals surface area contributed by atoms with Crippen LogP contribution in [0.1, 0.15) is 11.1 Å². The molecule has 0 N–H and O–H groups in total. The van der Waals surface area contributed by atoms with Gasteiger partial charge in [-0.2, -0.15) is 21.6 Å². The fraction of sp³-hybridized carbons (Fsp3) is 0.143. The van der Waals surface area contributed by atoms with E-state index in [9.17, 15) is 21.6 Å². The number of aryl methyl sites for hydroxylation is 2. The summed E-state index contributed by atoms with van der Waals surface area (Å²) in [5, 5.41) is 0. The van der Waals surface area contributed by atoms with Gasteiger partial charge in [-0.1, -0.05) is 85.3 Å². The second kappa shape index (κ2) is 8.51. The number of halogens is 3. The Kier molecular flexibility index (Phi) is 6.70. The van der Waals surface area contributed by atoms with Crippen molar-refractivity contribution in [3.05, 3.63) is 77.9 Å². The Morgan fingerprint density at radius 1 is 0.759 bits per heavy atom.